The van der Waals surface area contributed by atoms with Crippen LogP contribution in [-0.4, -0.2) is 84.7 Å². The van der Waals surface area contributed by atoms with Crippen molar-refractivity contribution in [2.24, 2.45) is 5.92 Å². The first-order valence-corrected chi connectivity index (χ1v) is 20.7. The lowest BCUT2D eigenvalue weighted by molar-refractivity contribution is -0.137. The summed E-state index contributed by atoms with van der Waals surface area (Å²) in [5.41, 5.74) is 7.04. The number of pyridine rings is 1. The van der Waals surface area contributed by atoms with Crippen LogP contribution in [0, 0.1) is 5.92 Å². The number of carbonyl (C=O) groups is 4. The van der Waals surface area contributed by atoms with Gasteiger partial charge in [-0.05, 0) is 67.9 Å². The Morgan fingerprint density at radius 1 is 0.783 bits per heavy atom. The largest absolute Gasteiger partial charge is 0.347 e. The highest BCUT2D eigenvalue weighted by Gasteiger charge is 2.38. The number of H-pyrrole nitrogens is 2. The van der Waals surface area contributed by atoms with Gasteiger partial charge in [-0.3, -0.25) is 14.4 Å². The average molecular weight is 807 g/mol. The molecule has 0 unspecified atom stereocenters. The quantitative estimate of drug-likeness (QED) is 0.0793. The molecule has 5 heterocycles. The summed E-state index contributed by atoms with van der Waals surface area (Å²) < 4.78 is 0. The normalized spacial score (nSPS) is 17.5. The minimum absolute atomic E-state index is 0.0285. The molecule has 0 spiro atoms. The molecular weight excluding hydrogens is 757 g/mol. The molecule has 8 rings (SSSR count). The first-order chi connectivity index (χ1) is 29.2. The molecule has 2 fully saturated rings. The van der Waals surface area contributed by atoms with Crippen molar-refractivity contribution < 1.29 is 19.2 Å². The monoisotopic (exact) mass is 806 g/mol. The first-order valence-electron chi connectivity index (χ1n) is 20.7. The van der Waals surface area contributed by atoms with Gasteiger partial charge in [-0.2, -0.15) is 0 Å². The molecule has 2 saturated heterocycles. The number of imidazole rings is 2. The fourth-order valence-corrected chi connectivity index (χ4v) is 8.45. The van der Waals surface area contributed by atoms with E-state index in [0.717, 1.165) is 81.7 Å². The number of nitrogens with one attached hydrogen (secondary N) is 5. The third kappa shape index (κ3) is 8.22. The predicted octanol–water partition coefficient (Wildman–Crippen LogP) is 6.84. The number of amides is 5. The predicted molar refractivity (Wildman–Crippen MR) is 229 cm³/mol. The molecule has 2 aliphatic heterocycles. The van der Waals surface area contributed by atoms with Crippen molar-refractivity contribution in [2.75, 3.05) is 19.6 Å². The van der Waals surface area contributed by atoms with Crippen molar-refractivity contribution in [3.8, 4) is 33.8 Å². The zero-order chi connectivity index (χ0) is 41.8. The number of urea groups is 1. The summed E-state index contributed by atoms with van der Waals surface area (Å²) in [6.07, 6.45) is 7.49. The molecule has 0 radical (unpaired) electrons. The molecule has 2 aliphatic rings. The van der Waals surface area contributed by atoms with E-state index in [0.29, 0.717) is 31.9 Å². The molecular formula is C46H50N10O4. The van der Waals surface area contributed by atoms with Crippen LogP contribution in [0.15, 0.2) is 97.3 Å². The van der Waals surface area contributed by atoms with E-state index in [4.69, 9.17) is 15.0 Å². The Bertz CT molecular complexity index is 2480. The first kappa shape index (κ1) is 40.0. The summed E-state index contributed by atoms with van der Waals surface area (Å²) in [4.78, 5) is 76.2. The fourth-order valence-electron chi connectivity index (χ4n) is 8.45. The van der Waals surface area contributed by atoms with Crippen molar-refractivity contribution >= 4 is 35.2 Å². The van der Waals surface area contributed by atoms with Crippen LogP contribution in [-0.2, 0) is 14.4 Å². The summed E-state index contributed by atoms with van der Waals surface area (Å²) in [6, 6.07) is 25.5. The number of hydrogen-bond donors (Lipinski definition) is 5. The zero-order valence-electron chi connectivity index (χ0n) is 34.0. The van der Waals surface area contributed by atoms with Crippen LogP contribution in [0.25, 0.3) is 44.7 Å². The van der Waals surface area contributed by atoms with E-state index in [1.807, 2.05) is 110 Å². The molecule has 308 valence electrons. The number of carbonyl (C=O) groups excluding carboxylic acids is 4. The number of rotatable bonds is 13. The van der Waals surface area contributed by atoms with E-state index in [2.05, 4.69) is 38.1 Å². The maximum absolute atomic E-state index is 14.0. The van der Waals surface area contributed by atoms with Gasteiger partial charge in [0.05, 0.1) is 47.1 Å². The molecule has 4 atom stereocenters. The van der Waals surface area contributed by atoms with Gasteiger partial charge >= 0.3 is 6.03 Å². The van der Waals surface area contributed by atoms with Gasteiger partial charge in [-0.15, -0.1) is 0 Å². The van der Waals surface area contributed by atoms with Crippen LogP contribution in [0.5, 0.6) is 0 Å². The fraction of sp³-hybridized carbons (Fsp3) is 0.326. The van der Waals surface area contributed by atoms with E-state index in [1.165, 1.54) is 0 Å². The van der Waals surface area contributed by atoms with Crippen LogP contribution in [0.4, 0.5) is 4.79 Å². The Hall–Kier alpha value is -6.83. The number of likely N-dealkylation sites (tertiary alicyclic amines) is 2. The van der Waals surface area contributed by atoms with E-state index < -0.39 is 12.1 Å². The van der Waals surface area contributed by atoms with Gasteiger partial charge < -0.3 is 35.7 Å². The van der Waals surface area contributed by atoms with Crippen molar-refractivity contribution in [2.45, 2.75) is 70.6 Å². The van der Waals surface area contributed by atoms with Gasteiger partial charge in [0, 0.05) is 36.1 Å². The molecule has 5 amide bonds. The number of nitrogens with zero attached hydrogens (tertiary/aromatic N) is 5. The Morgan fingerprint density at radius 2 is 1.40 bits per heavy atom. The molecule has 14 heteroatoms. The standard InChI is InChI=1S/C46H50N10O4/c1-4-47-46(60)54-41(31-10-6-5-7-11-31)45(59)56-23-9-13-39(56)42-48-25-36(52-42)30-16-14-29(15-17-30)34-20-18-32-24-33(19-21-35(32)51-34)37-26-49-43(53-37)38-12-8-22-55(38)44(58)40(28(2)3)50-27-57/h5-7,10-11,14-21,24-28,38-41H,4,8-9,12-13,22-23H2,1-3H3,(H,48,52)(H,49,53)(H,50,57)(H2,47,54,60)/t38-,39-,40-,41+/m0/s1. The number of fused-ring (bicyclic) bond motifs is 1. The van der Waals surface area contributed by atoms with Crippen molar-refractivity contribution in [3.05, 3.63) is 115 Å². The number of benzene rings is 3. The lowest BCUT2D eigenvalue weighted by Gasteiger charge is -2.29. The Balaban J connectivity index is 0.945. The summed E-state index contributed by atoms with van der Waals surface area (Å²) in [5.74, 6) is 1.17. The molecule has 0 saturated carbocycles. The van der Waals surface area contributed by atoms with Crippen LogP contribution in [0.1, 0.15) is 81.8 Å². The minimum Gasteiger partial charge on any atom is -0.347 e. The van der Waals surface area contributed by atoms with E-state index >= 15 is 0 Å². The highest BCUT2D eigenvalue weighted by atomic mass is 16.2. The maximum Gasteiger partial charge on any atom is 0.315 e. The van der Waals surface area contributed by atoms with Gasteiger partial charge in [0.15, 0.2) is 0 Å². The van der Waals surface area contributed by atoms with Crippen LogP contribution >= 0.6 is 0 Å². The number of aromatic amines is 2. The Morgan fingerprint density at radius 3 is 2.03 bits per heavy atom. The molecule has 3 aromatic carbocycles. The second-order valence-corrected chi connectivity index (χ2v) is 15.8. The van der Waals surface area contributed by atoms with Crippen LogP contribution in [0.3, 0.4) is 0 Å². The Kier molecular flexibility index (Phi) is 11.7. The number of aromatic nitrogens is 5. The molecule has 3 aromatic heterocycles. The molecule has 0 bridgehead atoms. The molecule has 14 nitrogen and oxygen atoms in total. The van der Waals surface area contributed by atoms with E-state index in [-0.39, 0.29) is 35.8 Å². The highest BCUT2D eigenvalue weighted by molar-refractivity contribution is 5.89. The molecule has 5 N–H and O–H groups in total. The second-order valence-electron chi connectivity index (χ2n) is 15.8. The summed E-state index contributed by atoms with van der Waals surface area (Å²) in [7, 11) is 0. The van der Waals surface area contributed by atoms with Crippen molar-refractivity contribution in [3.63, 3.8) is 0 Å². The van der Waals surface area contributed by atoms with Gasteiger partial charge in [0.25, 0.3) is 0 Å². The zero-order valence-corrected chi connectivity index (χ0v) is 34.0. The summed E-state index contributed by atoms with van der Waals surface area (Å²) >= 11 is 0. The lowest BCUT2D eigenvalue weighted by atomic mass is 10.0. The maximum atomic E-state index is 14.0. The topological polar surface area (TPSA) is 181 Å². The van der Waals surface area contributed by atoms with E-state index in [9.17, 15) is 19.2 Å². The van der Waals surface area contributed by atoms with Gasteiger partial charge in [0.2, 0.25) is 18.2 Å². The highest BCUT2D eigenvalue weighted by Crippen LogP contribution is 2.36. The molecule has 60 heavy (non-hydrogen) atoms. The van der Waals surface area contributed by atoms with Gasteiger partial charge in [-0.25, -0.2) is 19.7 Å². The van der Waals surface area contributed by atoms with Gasteiger partial charge in [-0.1, -0.05) is 80.6 Å². The summed E-state index contributed by atoms with van der Waals surface area (Å²) in [5, 5.41) is 9.30. The Labute approximate surface area is 348 Å². The van der Waals surface area contributed by atoms with Crippen molar-refractivity contribution in [1.82, 2.24) is 50.7 Å². The smallest absolute Gasteiger partial charge is 0.315 e. The molecule has 6 aromatic rings. The molecule has 0 aliphatic carbocycles. The third-order valence-corrected chi connectivity index (χ3v) is 11.6. The average Bonchev–Trinajstić information content (AvgIpc) is 4.12. The van der Waals surface area contributed by atoms with Crippen LogP contribution < -0.4 is 16.0 Å². The minimum atomic E-state index is -0.819. The second kappa shape index (κ2) is 17.6. The summed E-state index contributed by atoms with van der Waals surface area (Å²) in [6.45, 7) is 7.35. The third-order valence-electron chi connectivity index (χ3n) is 11.6. The van der Waals surface area contributed by atoms with E-state index in [1.54, 1.807) is 6.20 Å². The van der Waals surface area contributed by atoms with Gasteiger partial charge in [0.1, 0.15) is 23.7 Å². The number of hydrogen-bond acceptors (Lipinski definition) is 7. The van der Waals surface area contributed by atoms with Crippen molar-refractivity contribution in [1.29, 1.82) is 0 Å². The lowest BCUT2D eigenvalue weighted by Crippen LogP contribution is -2.48. The van der Waals surface area contributed by atoms with Crippen LogP contribution in [0.2, 0.25) is 0 Å². The SMILES string of the molecule is CCNC(=O)N[C@@H](C(=O)N1CCC[C@H]1c1ncc(-c2ccc(-c3ccc4cc(-c5cnc([C@@H]6CCCN6C(=O)[C@@H](NC=O)C(C)C)[nH]5)ccc4n3)cc2)[nH]1)c1ccccc1.